The Labute approximate surface area is 181 Å². The molecule has 0 saturated carbocycles. The van der Waals surface area contributed by atoms with E-state index in [1.54, 1.807) is 31.6 Å². The minimum absolute atomic E-state index is 0. The van der Waals surface area contributed by atoms with Gasteiger partial charge in [-0.05, 0) is 50.1 Å². The summed E-state index contributed by atoms with van der Waals surface area (Å²) in [5, 5.41) is 18.1. The Hall–Kier alpha value is -2.53. The first-order chi connectivity index (χ1) is 13.5. The maximum Gasteiger partial charge on any atom is 0.240 e. The zero-order valence-corrected chi connectivity index (χ0v) is 18.8. The maximum atomic E-state index is 12.6. The van der Waals surface area contributed by atoms with Crippen molar-refractivity contribution >= 4 is 28.2 Å². The molecule has 11 heteroatoms. The second-order valence-electron chi connectivity index (χ2n) is 7.49. The first-order valence-corrected chi connectivity index (χ1v) is 10.4. The molecule has 0 fully saturated rings. The molecule has 0 amide bonds. The molecule has 0 spiro atoms. The van der Waals surface area contributed by atoms with Crippen LogP contribution >= 0.6 is 12.4 Å². The van der Waals surface area contributed by atoms with Crippen LogP contribution in [-0.2, 0) is 17.1 Å². The van der Waals surface area contributed by atoms with Crippen LogP contribution in [0.4, 0.5) is 5.82 Å². The van der Waals surface area contributed by atoms with Crippen LogP contribution in [0.1, 0.15) is 19.4 Å². The molecular weight excluding hydrogens is 428 g/mol. The van der Waals surface area contributed by atoms with Crippen LogP contribution in [-0.4, -0.2) is 45.6 Å². The molecule has 9 nitrogen and oxygen atoms in total. The minimum atomic E-state index is -3.79. The fourth-order valence-electron chi connectivity index (χ4n) is 2.73. The van der Waals surface area contributed by atoms with E-state index < -0.39 is 15.6 Å². The number of nitrogen functional groups attached to an aromatic ring is 1. The third-order valence-electron chi connectivity index (χ3n) is 4.32. The van der Waals surface area contributed by atoms with Gasteiger partial charge in [0.1, 0.15) is 11.5 Å². The van der Waals surface area contributed by atoms with Crippen molar-refractivity contribution in [3.8, 4) is 22.4 Å². The number of anilines is 1. The molecule has 2 heterocycles. The van der Waals surface area contributed by atoms with Crippen molar-refractivity contribution in [2.75, 3.05) is 12.3 Å². The van der Waals surface area contributed by atoms with Gasteiger partial charge in [0.2, 0.25) is 10.0 Å². The van der Waals surface area contributed by atoms with E-state index in [2.05, 4.69) is 19.9 Å². The zero-order chi connectivity index (χ0) is 21.4. The minimum Gasteiger partial charge on any atom is -0.389 e. The van der Waals surface area contributed by atoms with Crippen molar-refractivity contribution in [1.82, 2.24) is 24.7 Å². The highest BCUT2D eigenvalue weighted by Crippen LogP contribution is 2.31. The van der Waals surface area contributed by atoms with Crippen molar-refractivity contribution in [3.05, 3.63) is 42.2 Å². The Morgan fingerprint density at radius 1 is 1.20 bits per heavy atom. The number of rotatable bonds is 6. The van der Waals surface area contributed by atoms with Gasteiger partial charge in [0, 0.05) is 30.9 Å². The highest BCUT2D eigenvalue weighted by molar-refractivity contribution is 7.89. The molecule has 2 aromatic heterocycles. The highest BCUT2D eigenvalue weighted by atomic mass is 35.5. The number of hydrogen-bond donors (Lipinski definition) is 3. The molecule has 0 unspecified atom stereocenters. The van der Waals surface area contributed by atoms with Crippen LogP contribution in [0.25, 0.3) is 22.4 Å². The number of hydrogen-bond acceptors (Lipinski definition) is 7. The lowest BCUT2D eigenvalue weighted by atomic mass is 10.00. The number of halogens is 1. The Bertz CT molecular complexity index is 1160. The van der Waals surface area contributed by atoms with Gasteiger partial charge in [-0.25, -0.2) is 18.1 Å². The summed E-state index contributed by atoms with van der Waals surface area (Å²) in [6.07, 6.45) is 3.18. The van der Waals surface area contributed by atoms with E-state index in [4.69, 9.17) is 5.73 Å². The van der Waals surface area contributed by atoms with Crippen molar-refractivity contribution in [2.24, 2.45) is 7.05 Å². The summed E-state index contributed by atoms with van der Waals surface area (Å²) in [6.45, 7) is 4.85. The number of nitrogens with zero attached hydrogens (tertiary/aromatic N) is 4. The number of aromatic nitrogens is 4. The van der Waals surface area contributed by atoms with Crippen molar-refractivity contribution in [1.29, 1.82) is 0 Å². The van der Waals surface area contributed by atoms with Gasteiger partial charge in [0.15, 0.2) is 0 Å². The van der Waals surface area contributed by atoms with E-state index in [0.29, 0.717) is 28.2 Å². The number of pyridine rings is 1. The summed E-state index contributed by atoms with van der Waals surface area (Å²) >= 11 is 0. The summed E-state index contributed by atoms with van der Waals surface area (Å²) in [5.74, 6) is 0.308. The van der Waals surface area contributed by atoms with Gasteiger partial charge in [-0.3, -0.25) is 0 Å². The van der Waals surface area contributed by atoms with Crippen LogP contribution < -0.4 is 10.5 Å². The molecule has 162 valence electrons. The quantitative estimate of drug-likeness (QED) is 0.519. The molecule has 3 aromatic rings. The molecule has 0 bridgehead atoms. The van der Waals surface area contributed by atoms with E-state index in [-0.39, 0.29) is 23.8 Å². The highest BCUT2D eigenvalue weighted by Gasteiger charge is 2.21. The van der Waals surface area contributed by atoms with Crippen LogP contribution in [0.15, 0.2) is 41.6 Å². The second kappa shape index (κ2) is 8.68. The van der Waals surface area contributed by atoms with Crippen LogP contribution in [0.3, 0.4) is 0 Å². The van der Waals surface area contributed by atoms with Gasteiger partial charge in [-0.1, -0.05) is 6.07 Å². The number of sulfonamides is 1. The smallest absolute Gasteiger partial charge is 0.240 e. The predicted molar refractivity (Wildman–Crippen MR) is 118 cm³/mol. The molecule has 0 aliphatic carbocycles. The molecule has 4 N–H and O–H groups in total. The number of aryl methyl sites for hydroxylation is 2. The Kier molecular flexibility index (Phi) is 6.87. The van der Waals surface area contributed by atoms with Gasteiger partial charge in [-0.15, -0.1) is 12.4 Å². The van der Waals surface area contributed by atoms with Crippen LogP contribution in [0.5, 0.6) is 0 Å². The third-order valence-corrected chi connectivity index (χ3v) is 5.72. The van der Waals surface area contributed by atoms with Crippen molar-refractivity contribution < 1.29 is 13.5 Å². The second-order valence-corrected chi connectivity index (χ2v) is 9.26. The van der Waals surface area contributed by atoms with E-state index in [1.807, 2.05) is 13.0 Å². The first-order valence-electron chi connectivity index (χ1n) is 8.91. The topological polar surface area (TPSA) is 136 Å². The predicted octanol–water partition coefficient (Wildman–Crippen LogP) is 1.91. The van der Waals surface area contributed by atoms with E-state index in [0.717, 1.165) is 5.56 Å². The van der Waals surface area contributed by atoms with E-state index in [9.17, 15) is 13.5 Å². The van der Waals surface area contributed by atoms with Gasteiger partial charge in [-0.2, -0.15) is 15.0 Å². The van der Waals surface area contributed by atoms with Gasteiger partial charge < -0.3 is 10.8 Å². The van der Waals surface area contributed by atoms with Crippen molar-refractivity contribution in [2.45, 2.75) is 31.3 Å². The Balaban J connectivity index is 0.00000320. The van der Waals surface area contributed by atoms with Gasteiger partial charge in [0.25, 0.3) is 0 Å². The first kappa shape index (κ1) is 23.7. The lowest BCUT2D eigenvalue weighted by molar-refractivity contribution is 0.0857. The average Bonchev–Trinajstić information content (AvgIpc) is 3.06. The maximum absolute atomic E-state index is 12.6. The third kappa shape index (κ3) is 5.33. The summed E-state index contributed by atoms with van der Waals surface area (Å²) in [4.78, 5) is 5.77. The van der Waals surface area contributed by atoms with Crippen LogP contribution in [0, 0.1) is 6.92 Å². The number of benzene rings is 1. The monoisotopic (exact) mass is 452 g/mol. The molecule has 0 aliphatic rings. The zero-order valence-electron chi connectivity index (χ0n) is 17.1. The largest absolute Gasteiger partial charge is 0.389 e. The molecule has 0 saturated heterocycles. The molecule has 0 atom stereocenters. The molecule has 0 aliphatic heterocycles. The fraction of sp³-hybridized carbons (Fsp3) is 0.316. The van der Waals surface area contributed by atoms with E-state index in [1.165, 1.54) is 24.7 Å². The SMILES string of the molecule is Cc1ccc(S(=O)(=O)NCC(C)(C)O)cc1-c1cnc(N)c(-c2cnn(C)n2)c1.Cl. The Morgan fingerprint density at radius 3 is 2.50 bits per heavy atom. The summed E-state index contributed by atoms with van der Waals surface area (Å²) in [5.41, 5.74) is 8.33. The summed E-state index contributed by atoms with van der Waals surface area (Å²) < 4.78 is 27.7. The van der Waals surface area contributed by atoms with Gasteiger partial charge in [0.05, 0.1) is 16.7 Å². The van der Waals surface area contributed by atoms with Gasteiger partial charge >= 0.3 is 0 Å². The fourth-order valence-corrected chi connectivity index (χ4v) is 3.96. The average molecular weight is 453 g/mol. The lowest BCUT2D eigenvalue weighted by Crippen LogP contribution is -2.38. The lowest BCUT2D eigenvalue weighted by Gasteiger charge is -2.18. The number of nitrogens with two attached hydrogens (primary N) is 1. The Morgan fingerprint density at radius 2 is 1.90 bits per heavy atom. The molecule has 30 heavy (non-hydrogen) atoms. The molecule has 0 radical (unpaired) electrons. The van der Waals surface area contributed by atoms with Crippen LogP contribution in [0.2, 0.25) is 0 Å². The summed E-state index contributed by atoms with van der Waals surface area (Å²) in [6, 6.07) is 6.65. The number of aliphatic hydroxyl groups is 1. The normalized spacial score (nSPS) is 11.9. The van der Waals surface area contributed by atoms with E-state index >= 15 is 0 Å². The molecule has 3 rings (SSSR count). The number of nitrogens with one attached hydrogen (secondary N) is 1. The molecular formula is C19H25ClN6O3S. The van der Waals surface area contributed by atoms with Crippen molar-refractivity contribution in [3.63, 3.8) is 0 Å². The summed E-state index contributed by atoms with van der Waals surface area (Å²) in [7, 11) is -2.08. The standard InChI is InChI=1S/C19H24N6O3S.ClH/c1-12-5-6-14(29(27,28)23-11-19(2,3)26)8-15(12)13-7-16(18(20)21-9-13)17-10-22-25(4)24-17;/h5-10,23,26H,11H2,1-4H3,(H2,20,21);1H. The molecule has 1 aromatic carbocycles.